The minimum absolute atomic E-state index is 0.171. The van der Waals surface area contributed by atoms with E-state index < -0.39 is 21.9 Å². The molecule has 1 aromatic heterocycles. The van der Waals surface area contributed by atoms with Crippen molar-refractivity contribution >= 4 is 32.5 Å². The van der Waals surface area contributed by atoms with Crippen molar-refractivity contribution in [3.8, 4) is 0 Å². The Morgan fingerprint density at radius 1 is 1.06 bits per heavy atom. The van der Waals surface area contributed by atoms with Gasteiger partial charge >= 0.3 is 0 Å². The van der Waals surface area contributed by atoms with Gasteiger partial charge in [0, 0.05) is 22.2 Å². The number of nitrogens with zero attached hydrogens (tertiary/aromatic N) is 1. The first-order valence-corrected chi connectivity index (χ1v) is 11.8. The summed E-state index contributed by atoms with van der Waals surface area (Å²) in [6, 6.07) is 11.2. The van der Waals surface area contributed by atoms with Crippen molar-refractivity contribution in [1.82, 2.24) is 10.3 Å². The number of carbonyl (C=O) groups excluding carboxylic acids is 1. The van der Waals surface area contributed by atoms with Crippen molar-refractivity contribution in [3.63, 3.8) is 0 Å². The Morgan fingerprint density at radius 3 is 2.42 bits per heavy atom. The second-order valence-electron chi connectivity index (χ2n) is 8.06. The highest BCUT2D eigenvalue weighted by atomic mass is 32.2. The number of aryl methyl sites for hydroxylation is 1. The molecule has 0 bridgehead atoms. The van der Waals surface area contributed by atoms with E-state index in [0.717, 1.165) is 28.9 Å². The van der Waals surface area contributed by atoms with Crippen LogP contribution in [0.15, 0.2) is 42.5 Å². The summed E-state index contributed by atoms with van der Waals surface area (Å²) in [5.74, 6) is -0.628. The molecule has 1 heterocycles. The van der Waals surface area contributed by atoms with Crippen LogP contribution in [0, 0.1) is 12.7 Å². The molecule has 1 atom stereocenters. The Hall–Kier alpha value is -3.00. The third kappa shape index (κ3) is 5.38. The van der Waals surface area contributed by atoms with E-state index in [1.807, 2.05) is 12.1 Å². The van der Waals surface area contributed by atoms with Gasteiger partial charge in [-0.3, -0.25) is 14.5 Å². The van der Waals surface area contributed by atoms with E-state index in [2.05, 4.69) is 28.9 Å². The molecule has 0 radical (unpaired) electrons. The van der Waals surface area contributed by atoms with Gasteiger partial charge in [-0.2, -0.15) is 0 Å². The van der Waals surface area contributed by atoms with Crippen molar-refractivity contribution in [1.29, 1.82) is 0 Å². The monoisotopic (exact) mass is 443 g/mol. The van der Waals surface area contributed by atoms with Crippen LogP contribution in [0.2, 0.25) is 0 Å². The van der Waals surface area contributed by atoms with Crippen LogP contribution in [-0.4, -0.2) is 25.6 Å². The lowest BCUT2D eigenvalue weighted by Crippen LogP contribution is -2.27. The van der Waals surface area contributed by atoms with Crippen molar-refractivity contribution in [2.45, 2.75) is 39.7 Å². The summed E-state index contributed by atoms with van der Waals surface area (Å²) in [5.41, 5.74) is 3.25. The highest BCUT2D eigenvalue weighted by Crippen LogP contribution is 2.26. The molecule has 1 amide bonds. The van der Waals surface area contributed by atoms with Crippen LogP contribution in [0.5, 0.6) is 0 Å². The summed E-state index contributed by atoms with van der Waals surface area (Å²) in [5, 5.41) is 3.65. The summed E-state index contributed by atoms with van der Waals surface area (Å²) >= 11 is 0. The molecule has 0 spiro atoms. The number of anilines is 1. The molecule has 0 fully saturated rings. The number of amides is 1. The highest BCUT2D eigenvalue weighted by molar-refractivity contribution is 7.92. The van der Waals surface area contributed by atoms with Crippen molar-refractivity contribution < 1.29 is 17.6 Å². The zero-order valence-corrected chi connectivity index (χ0v) is 19.0. The van der Waals surface area contributed by atoms with Crippen LogP contribution in [0.1, 0.15) is 59.9 Å². The average molecular weight is 444 g/mol. The second kappa shape index (κ2) is 8.63. The number of hydrogen-bond acceptors (Lipinski definition) is 4. The lowest BCUT2D eigenvalue weighted by Gasteiger charge is -2.18. The Bertz CT molecular complexity index is 1260. The Balaban J connectivity index is 1.81. The largest absolute Gasteiger partial charge is 0.345 e. The summed E-state index contributed by atoms with van der Waals surface area (Å²) in [6.07, 6.45) is 1.00. The van der Waals surface area contributed by atoms with Gasteiger partial charge in [0.25, 0.3) is 5.91 Å². The zero-order valence-electron chi connectivity index (χ0n) is 18.2. The molecule has 0 saturated heterocycles. The predicted octanol–water partition coefficient (Wildman–Crippen LogP) is 4.67. The van der Waals surface area contributed by atoms with E-state index in [9.17, 15) is 17.6 Å². The summed E-state index contributed by atoms with van der Waals surface area (Å²) in [6.45, 7) is 7.49. The molecule has 8 heteroatoms. The van der Waals surface area contributed by atoms with Gasteiger partial charge in [-0.25, -0.2) is 12.8 Å². The number of hydrogen-bond donors (Lipinski definition) is 2. The lowest BCUT2D eigenvalue weighted by atomic mass is 10.0. The van der Waals surface area contributed by atoms with Crippen molar-refractivity contribution in [3.05, 3.63) is 70.7 Å². The third-order valence-corrected chi connectivity index (χ3v) is 5.61. The quantitative estimate of drug-likeness (QED) is 0.580. The van der Waals surface area contributed by atoms with Crippen molar-refractivity contribution in [2.75, 3.05) is 11.0 Å². The fraction of sp³-hybridized carbons (Fsp3) is 0.304. The standard InChI is InChI=1S/C23H26FN3O3S/c1-13(2)20-8-6-16-11-17(7-9-21(16)26-20)23(28)25-15(4)18-10-14(3)22(12-19(18)24)27-31(5,29)30/h6-13,15,27H,1-5H3,(H,25,28)/t15-/m1/s1. The molecule has 0 aliphatic rings. The molecule has 3 rings (SSSR count). The maximum Gasteiger partial charge on any atom is 0.251 e. The predicted molar refractivity (Wildman–Crippen MR) is 121 cm³/mol. The lowest BCUT2D eigenvalue weighted by molar-refractivity contribution is 0.0939. The number of nitrogens with one attached hydrogen (secondary N) is 2. The van der Waals surface area contributed by atoms with Gasteiger partial charge in [0.05, 0.1) is 23.5 Å². The van der Waals surface area contributed by atoms with E-state index in [1.165, 1.54) is 6.07 Å². The molecule has 3 aromatic rings. The topological polar surface area (TPSA) is 88.2 Å². The first-order valence-electron chi connectivity index (χ1n) is 9.94. The summed E-state index contributed by atoms with van der Waals surface area (Å²) < 4.78 is 39.8. The van der Waals surface area contributed by atoms with Gasteiger partial charge in [0.2, 0.25) is 10.0 Å². The number of carbonyl (C=O) groups is 1. The van der Waals surface area contributed by atoms with E-state index in [4.69, 9.17) is 0 Å². The van der Waals surface area contributed by atoms with Gasteiger partial charge in [-0.05, 0) is 61.7 Å². The smallest absolute Gasteiger partial charge is 0.251 e. The number of rotatable bonds is 6. The number of fused-ring (bicyclic) bond motifs is 1. The van der Waals surface area contributed by atoms with Gasteiger partial charge in [-0.15, -0.1) is 0 Å². The van der Waals surface area contributed by atoms with Crippen LogP contribution in [0.4, 0.5) is 10.1 Å². The van der Waals surface area contributed by atoms with Crippen LogP contribution >= 0.6 is 0 Å². The highest BCUT2D eigenvalue weighted by Gasteiger charge is 2.18. The first kappa shape index (κ1) is 22.7. The number of pyridine rings is 1. The first-order chi connectivity index (χ1) is 14.4. The maximum atomic E-state index is 14.6. The normalized spacial score (nSPS) is 12.7. The van der Waals surface area contributed by atoms with E-state index in [-0.39, 0.29) is 17.2 Å². The van der Waals surface area contributed by atoms with Crippen LogP contribution in [0.3, 0.4) is 0 Å². The Kier molecular flexibility index (Phi) is 6.31. The summed E-state index contributed by atoms with van der Waals surface area (Å²) in [4.78, 5) is 17.4. The average Bonchev–Trinajstić information content (AvgIpc) is 2.68. The van der Waals surface area contributed by atoms with Crippen LogP contribution in [0.25, 0.3) is 10.9 Å². The van der Waals surface area contributed by atoms with Gasteiger partial charge in [-0.1, -0.05) is 19.9 Å². The minimum Gasteiger partial charge on any atom is -0.345 e. The molecule has 0 aliphatic carbocycles. The number of aromatic nitrogens is 1. The molecule has 2 N–H and O–H groups in total. The second-order valence-corrected chi connectivity index (χ2v) is 9.80. The van der Waals surface area contributed by atoms with Gasteiger partial charge < -0.3 is 5.32 Å². The van der Waals surface area contributed by atoms with Crippen LogP contribution < -0.4 is 10.0 Å². The molecular weight excluding hydrogens is 417 g/mol. The molecular formula is C23H26FN3O3S. The molecule has 164 valence electrons. The fourth-order valence-electron chi connectivity index (χ4n) is 3.31. The van der Waals surface area contributed by atoms with Gasteiger partial charge in [0.15, 0.2) is 0 Å². The molecule has 6 nitrogen and oxygen atoms in total. The summed E-state index contributed by atoms with van der Waals surface area (Å²) in [7, 11) is -3.52. The zero-order chi connectivity index (χ0) is 22.9. The van der Waals surface area contributed by atoms with Crippen LogP contribution in [-0.2, 0) is 10.0 Å². The fourth-order valence-corrected chi connectivity index (χ4v) is 3.93. The third-order valence-electron chi connectivity index (χ3n) is 5.02. The molecule has 0 saturated carbocycles. The molecule has 0 aliphatic heterocycles. The Labute approximate surface area is 181 Å². The minimum atomic E-state index is -3.52. The Morgan fingerprint density at radius 2 is 1.77 bits per heavy atom. The van der Waals surface area contributed by atoms with E-state index in [0.29, 0.717) is 17.0 Å². The molecule has 2 aromatic carbocycles. The molecule has 31 heavy (non-hydrogen) atoms. The van der Waals surface area contributed by atoms with Gasteiger partial charge in [0.1, 0.15) is 5.82 Å². The van der Waals surface area contributed by atoms with Crippen molar-refractivity contribution in [2.24, 2.45) is 0 Å². The number of halogens is 1. The van der Waals surface area contributed by atoms with E-state index in [1.54, 1.807) is 32.0 Å². The number of sulfonamides is 1. The molecule has 0 unspecified atom stereocenters. The number of benzene rings is 2. The SMILES string of the molecule is Cc1cc([C@@H](C)NC(=O)c2ccc3nc(C(C)C)ccc3c2)c(F)cc1NS(C)(=O)=O. The van der Waals surface area contributed by atoms with E-state index >= 15 is 0 Å². The maximum absolute atomic E-state index is 14.6.